The van der Waals surface area contributed by atoms with E-state index in [1.165, 1.54) is 0 Å². The maximum atomic E-state index is 6.39. The van der Waals surface area contributed by atoms with E-state index in [1.807, 2.05) is 12.1 Å². The first-order valence-corrected chi connectivity index (χ1v) is 6.67. The van der Waals surface area contributed by atoms with Gasteiger partial charge in [0.2, 0.25) is 0 Å². The predicted octanol–water partition coefficient (Wildman–Crippen LogP) is 3.31. The molecule has 0 amide bonds. The lowest BCUT2D eigenvalue weighted by Gasteiger charge is -2.39. The molecule has 3 nitrogen and oxygen atoms in total. The number of halogens is 1. The summed E-state index contributed by atoms with van der Waals surface area (Å²) >= 11 is 6.05. The minimum atomic E-state index is -0.337. The molecule has 0 bridgehead atoms. The number of hydrogen-bond donors (Lipinski definition) is 1. The van der Waals surface area contributed by atoms with Crippen molar-refractivity contribution in [3.63, 3.8) is 0 Å². The Morgan fingerprint density at radius 1 is 1.44 bits per heavy atom. The van der Waals surface area contributed by atoms with Gasteiger partial charge in [-0.15, -0.1) is 0 Å². The second-order valence-electron chi connectivity index (χ2n) is 4.98. The van der Waals surface area contributed by atoms with E-state index in [-0.39, 0.29) is 11.6 Å². The largest absolute Gasteiger partial charge is 0.496 e. The molecule has 1 heterocycles. The van der Waals surface area contributed by atoms with Crippen LogP contribution in [0.25, 0.3) is 0 Å². The van der Waals surface area contributed by atoms with Gasteiger partial charge in [-0.25, -0.2) is 0 Å². The molecule has 1 aliphatic rings. The smallest absolute Gasteiger partial charge is 0.123 e. The molecule has 2 N–H and O–H groups in total. The van der Waals surface area contributed by atoms with E-state index in [2.05, 4.69) is 6.92 Å². The summed E-state index contributed by atoms with van der Waals surface area (Å²) in [5.41, 5.74) is 6.96. The van der Waals surface area contributed by atoms with Gasteiger partial charge in [0, 0.05) is 17.2 Å². The molecule has 0 radical (unpaired) electrons. The van der Waals surface area contributed by atoms with E-state index in [0.717, 1.165) is 37.2 Å². The van der Waals surface area contributed by atoms with Gasteiger partial charge in [0.15, 0.2) is 0 Å². The second kappa shape index (κ2) is 5.47. The Balaban J connectivity index is 2.32. The van der Waals surface area contributed by atoms with Crippen molar-refractivity contribution >= 4 is 11.6 Å². The zero-order valence-electron chi connectivity index (χ0n) is 10.9. The maximum Gasteiger partial charge on any atom is 0.123 e. The molecule has 4 heteroatoms. The van der Waals surface area contributed by atoms with Crippen LogP contribution in [0, 0.1) is 0 Å². The molecule has 0 aromatic heterocycles. The van der Waals surface area contributed by atoms with Crippen molar-refractivity contribution in [1.82, 2.24) is 0 Å². The summed E-state index contributed by atoms with van der Waals surface area (Å²) in [6.07, 6.45) is 3.21. The minimum Gasteiger partial charge on any atom is -0.496 e. The van der Waals surface area contributed by atoms with Crippen LogP contribution in [0.2, 0.25) is 5.02 Å². The van der Waals surface area contributed by atoms with Crippen molar-refractivity contribution in [1.29, 1.82) is 0 Å². The lowest BCUT2D eigenvalue weighted by molar-refractivity contribution is -0.0823. The molecule has 0 saturated carbocycles. The Morgan fingerprint density at radius 2 is 2.22 bits per heavy atom. The molecule has 0 spiro atoms. The van der Waals surface area contributed by atoms with E-state index >= 15 is 0 Å². The highest BCUT2D eigenvalue weighted by Gasteiger charge is 2.36. The zero-order chi connectivity index (χ0) is 13.2. The van der Waals surface area contributed by atoms with Crippen molar-refractivity contribution in [2.75, 3.05) is 13.7 Å². The third kappa shape index (κ3) is 2.63. The van der Waals surface area contributed by atoms with Crippen LogP contribution in [0.3, 0.4) is 0 Å². The fraction of sp³-hybridized carbons (Fsp3) is 0.571. The van der Waals surface area contributed by atoms with Gasteiger partial charge in [0.25, 0.3) is 0 Å². The van der Waals surface area contributed by atoms with Crippen LogP contribution in [0.15, 0.2) is 18.2 Å². The Bertz CT molecular complexity index is 416. The molecule has 2 atom stereocenters. The highest BCUT2D eigenvalue weighted by Crippen LogP contribution is 2.39. The van der Waals surface area contributed by atoms with Crippen LogP contribution in [-0.4, -0.2) is 19.3 Å². The average Bonchev–Trinajstić information content (AvgIpc) is 2.38. The number of benzene rings is 1. The van der Waals surface area contributed by atoms with Crippen LogP contribution < -0.4 is 10.5 Å². The summed E-state index contributed by atoms with van der Waals surface area (Å²) in [7, 11) is 1.64. The topological polar surface area (TPSA) is 44.5 Å². The molecule has 1 aromatic rings. The third-order valence-corrected chi connectivity index (χ3v) is 3.92. The highest BCUT2D eigenvalue weighted by atomic mass is 35.5. The monoisotopic (exact) mass is 269 g/mol. The summed E-state index contributed by atoms with van der Waals surface area (Å²) in [6.45, 7) is 2.84. The molecule has 18 heavy (non-hydrogen) atoms. The van der Waals surface area contributed by atoms with E-state index in [0.29, 0.717) is 5.02 Å². The molecule has 2 rings (SSSR count). The molecular formula is C14H20ClNO2. The lowest BCUT2D eigenvalue weighted by atomic mass is 9.84. The van der Waals surface area contributed by atoms with Crippen molar-refractivity contribution < 1.29 is 9.47 Å². The maximum absolute atomic E-state index is 6.39. The summed E-state index contributed by atoms with van der Waals surface area (Å²) in [4.78, 5) is 0. The minimum absolute atomic E-state index is 0.230. The van der Waals surface area contributed by atoms with Gasteiger partial charge < -0.3 is 15.2 Å². The van der Waals surface area contributed by atoms with E-state index in [4.69, 9.17) is 26.8 Å². The SMILES string of the molecule is COc1ccc(Cl)cc1C(N)C1(C)CCCCO1. The van der Waals surface area contributed by atoms with E-state index in [1.54, 1.807) is 13.2 Å². The number of rotatable bonds is 3. The Hall–Kier alpha value is -0.770. The molecule has 0 aliphatic carbocycles. The van der Waals surface area contributed by atoms with Crippen LogP contribution in [0.4, 0.5) is 0 Å². The summed E-state index contributed by atoms with van der Waals surface area (Å²) in [5, 5.41) is 0.667. The van der Waals surface area contributed by atoms with Crippen molar-refractivity contribution in [3.8, 4) is 5.75 Å². The van der Waals surface area contributed by atoms with Gasteiger partial charge in [0.1, 0.15) is 5.75 Å². The number of ether oxygens (including phenoxy) is 2. The first kappa shape index (κ1) is 13.7. The summed E-state index contributed by atoms with van der Waals surface area (Å²) < 4.78 is 11.3. The predicted molar refractivity (Wildman–Crippen MR) is 73.1 cm³/mol. The summed E-state index contributed by atoms with van der Waals surface area (Å²) in [6, 6.07) is 5.30. The molecule has 1 aromatic carbocycles. The second-order valence-corrected chi connectivity index (χ2v) is 5.42. The normalized spacial score (nSPS) is 25.8. The quantitative estimate of drug-likeness (QED) is 0.916. The first-order valence-electron chi connectivity index (χ1n) is 6.30. The standard InChI is InChI=1S/C14H20ClNO2/c1-14(7-3-4-8-18-14)13(16)11-9-10(15)5-6-12(11)17-2/h5-6,9,13H,3-4,7-8,16H2,1-2H3. The van der Waals surface area contributed by atoms with E-state index < -0.39 is 0 Å². The Labute approximate surface area is 113 Å². The number of methoxy groups -OCH3 is 1. The first-order chi connectivity index (χ1) is 8.57. The van der Waals surface area contributed by atoms with Crippen molar-refractivity contribution in [2.45, 2.75) is 37.8 Å². The lowest BCUT2D eigenvalue weighted by Crippen LogP contribution is -2.43. The fourth-order valence-corrected chi connectivity index (χ4v) is 2.66. The third-order valence-electron chi connectivity index (χ3n) is 3.68. The Kier molecular flexibility index (Phi) is 4.15. The Morgan fingerprint density at radius 3 is 2.83 bits per heavy atom. The molecule has 2 unspecified atom stereocenters. The molecular weight excluding hydrogens is 250 g/mol. The van der Waals surface area contributed by atoms with Crippen LogP contribution in [0.1, 0.15) is 37.8 Å². The molecule has 1 fully saturated rings. The van der Waals surface area contributed by atoms with Crippen molar-refractivity contribution in [2.24, 2.45) is 5.73 Å². The van der Waals surface area contributed by atoms with Crippen molar-refractivity contribution in [3.05, 3.63) is 28.8 Å². The molecule has 1 saturated heterocycles. The fourth-order valence-electron chi connectivity index (χ4n) is 2.48. The van der Waals surface area contributed by atoms with Crippen LogP contribution in [-0.2, 0) is 4.74 Å². The zero-order valence-corrected chi connectivity index (χ0v) is 11.7. The van der Waals surface area contributed by atoms with Crippen LogP contribution >= 0.6 is 11.6 Å². The van der Waals surface area contributed by atoms with Gasteiger partial charge in [-0.05, 0) is 44.4 Å². The molecule has 1 aliphatic heterocycles. The van der Waals surface area contributed by atoms with Crippen LogP contribution in [0.5, 0.6) is 5.75 Å². The number of hydrogen-bond acceptors (Lipinski definition) is 3. The molecule has 100 valence electrons. The van der Waals surface area contributed by atoms with Gasteiger partial charge in [-0.3, -0.25) is 0 Å². The van der Waals surface area contributed by atoms with Gasteiger partial charge in [-0.2, -0.15) is 0 Å². The average molecular weight is 270 g/mol. The number of nitrogens with two attached hydrogens (primary N) is 1. The van der Waals surface area contributed by atoms with Gasteiger partial charge in [0.05, 0.1) is 18.8 Å². The van der Waals surface area contributed by atoms with E-state index in [9.17, 15) is 0 Å². The van der Waals surface area contributed by atoms with Gasteiger partial charge >= 0.3 is 0 Å². The summed E-state index contributed by atoms with van der Waals surface area (Å²) in [5.74, 6) is 0.766. The van der Waals surface area contributed by atoms with Gasteiger partial charge in [-0.1, -0.05) is 11.6 Å². The highest BCUT2D eigenvalue weighted by molar-refractivity contribution is 6.30.